The Hall–Kier alpha value is -1.62. The molecule has 16 heavy (non-hydrogen) atoms. The average molecular weight is 222 g/mol. The van der Waals surface area contributed by atoms with Gasteiger partial charge < -0.3 is 9.64 Å². The van der Waals surface area contributed by atoms with E-state index in [1.165, 1.54) is 0 Å². The first-order valence-electron chi connectivity index (χ1n) is 5.27. The maximum atomic E-state index is 10.8. The van der Waals surface area contributed by atoms with Gasteiger partial charge >= 0.3 is 0 Å². The third kappa shape index (κ3) is 1.99. The Morgan fingerprint density at radius 1 is 1.38 bits per heavy atom. The predicted molar refractivity (Wildman–Crippen MR) is 60.9 cm³/mol. The number of ether oxygens (including phenoxy) is 1. The van der Waals surface area contributed by atoms with Gasteiger partial charge in [0, 0.05) is 24.8 Å². The molecule has 1 saturated heterocycles. The average Bonchev–Trinajstić information content (AvgIpc) is 2.30. The number of nitrogens with zero attached hydrogens (tertiary/aromatic N) is 2. The summed E-state index contributed by atoms with van der Waals surface area (Å²) in [6, 6.07) is 5.20. The Morgan fingerprint density at radius 3 is 2.69 bits per heavy atom. The first kappa shape index (κ1) is 10.9. The van der Waals surface area contributed by atoms with Gasteiger partial charge in [-0.05, 0) is 13.0 Å². The fourth-order valence-electron chi connectivity index (χ4n) is 1.96. The van der Waals surface area contributed by atoms with Crippen LogP contribution < -0.4 is 4.90 Å². The molecule has 0 bridgehead atoms. The summed E-state index contributed by atoms with van der Waals surface area (Å²) >= 11 is 0. The van der Waals surface area contributed by atoms with Gasteiger partial charge in [0.05, 0.1) is 23.7 Å². The zero-order valence-corrected chi connectivity index (χ0v) is 9.18. The fourth-order valence-corrected chi connectivity index (χ4v) is 1.96. The molecule has 0 saturated carbocycles. The molecule has 1 fully saturated rings. The third-order valence-electron chi connectivity index (χ3n) is 2.83. The number of hydrogen-bond acceptors (Lipinski definition) is 4. The van der Waals surface area contributed by atoms with E-state index in [0.29, 0.717) is 13.2 Å². The maximum Gasteiger partial charge on any atom is 0.274 e. The second-order valence-electron chi connectivity index (χ2n) is 3.78. The van der Waals surface area contributed by atoms with Gasteiger partial charge in [0.1, 0.15) is 0 Å². The Bertz CT molecular complexity index is 400. The van der Waals surface area contributed by atoms with Crippen molar-refractivity contribution in [3.8, 4) is 0 Å². The highest BCUT2D eigenvalue weighted by Gasteiger charge is 2.18. The molecule has 0 aromatic heterocycles. The summed E-state index contributed by atoms with van der Waals surface area (Å²) in [6.07, 6.45) is 0. The van der Waals surface area contributed by atoms with Crippen molar-refractivity contribution in [1.82, 2.24) is 0 Å². The number of hydrogen-bond donors (Lipinski definition) is 0. The molecular formula is C11H14N2O3. The van der Waals surface area contributed by atoms with Crippen LogP contribution in [-0.4, -0.2) is 31.2 Å². The number of morpholine rings is 1. The molecule has 0 spiro atoms. The van der Waals surface area contributed by atoms with Gasteiger partial charge in [-0.1, -0.05) is 6.07 Å². The smallest absolute Gasteiger partial charge is 0.274 e. The maximum absolute atomic E-state index is 10.8. The van der Waals surface area contributed by atoms with Gasteiger partial charge in [-0.15, -0.1) is 0 Å². The molecule has 1 aromatic carbocycles. The lowest BCUT2D eigenvalue weighted by Gasteiger charge is -2.29. The van der Waals surface area contributed by atoms with Crippen LogP contribution in [-0.2, 0) is 4.74 Å². The lowest BCUT2D eigenvalue weighted by atomic mass is 10.1. The summed E-state index contributed by atoms with van der Waals surface area (Å²) in [4.78, 5) is 12.6. The molecule has 0 amide bonds. The number of benzene rings is 1. The topological polar surface area (TPSA) is 55.6 Å². The van der Waals surface area contributed by atoms with E-state index in [1.54, 1.807) is 19.1 Å². The fraction of sp³-hybridized carbons (Fsp3) is 0.455. The zero-order valence-electron chi connectivity index (χ0n) is 9.18. The lowest BCUT2D eigenvalue weighted by Crippen LogP contribution is -2.36. The van der Waals surface area contributed by atoms with E-state index in [-0.39, 0.29) is 10.6 Å². The second kappa shape index (κ2) is 4.49. The van der Waals surface area contributed by atoms with Crippen molar-refractivity contribution in [3.05, 3.63) is 33.9 Å². The van der Waals surface area contributed by atoms with Crippen LogP contribution in [0.4, 0.5) is 11.4 Å². The van der Waals surface area contributed by atoms with Crippen LogP contribution in [0.3, 0.4) is 0 Å². The molecule has 0 unspecified atom stereocenters. The first-order chi connectivity index (χ1) is 7.70. The third-order valence-corrected chi connectivity index (χ3v) is 2.83. The molecule has 1 aliphatic heterocycles. The van der Waals surface area contributed by atoms with Crippen LogP contribution >= 0.6 is 0 Å². The highest BCUT2D eigenvalue weighted by atomic mass is 16.6. The number of anilines is 1. The number of nitro benzene ring substituents is 1. The van der Waals surface area contributed by atoms with Gasteiger partial charge in [-0.3, -0.25) is 10.1 Å². The SMILES string of the molecule is Cc1c(N2CCOCC2)cccc1[N+](=O)[O-]. The first-order valence-corrected chi connectivity index (χ1v) is 5.27. The lowest BCUT2D eigenvalue weighted by molar-refractivity contribution is -0.385. The Balaban J connectivity index is 2.33. The summed E-state index contributed by atoms with van der Waals surface area (Å²) in [7, 11) is 0. The molecule has 1 aromatic rings. The standard InChI is InChI=1S/C11H14N2O3/c1-9-10(12-5-7-16-8-6-12)3-2-4-11(9)13(14)15/h2-4H,5-8H2,1H3. The minimum Gasteiger partial charge on any atom is -0.378 e. The minimum absolute atomic E-state index is 0.184. The minimum atomic E-state index is -0.334. The van der Waals surface area contributed by atoms with Crippen LogP contribution in [0.2, 0.25) is 0 Å². The van der Waals surface area contributed by atoms with E-state index >= 15 is 0 Å². The molecule has 5 nitrogen and oxygen atoms in total. The molecule has 1 aliphatic rings. The summed E-state index contributed by atoms with van der Waals surface area (Å²) < 4.78 is 5.26. The van der Waals surface area contributed by atoms with E-state index in [2.05, 4.69) is 4.90 Å². The van der Waals surface area contributed by atoms with Gasteiger partial charge in [-0.25, -0.2) is 0 Å². The van der Waals surface area contributed by atoms with Crippen LogP contribution in [0.15, 0.2) is 18.2 Å². The van der Waals surface area contributed by atoms with Crippen LogP contribution in [0.25, 0.3) is 0 Å². The van der Waals surface area contributed by atoms with E-state index in [9.17, 15) is 10.1 Å². The monoisotopic (exact) mass is 222 g/mol. The Morgan fingerprint density at radius 2 is 2.06 bits per heavy atom. The van der Waals surface area contributed by atoms with Crippen LogP contribution in [0, 0.1) is 17.0 Å². The summed E-state index contributed by atoms with van der Waals surface area (Å²) in [5.74, 6) is 0. The molecular weight excluding hydrogens is 208 g/mol. The molecule has 1 heterocycles. The van der Waals surface area contributed by atoms with Gasteiger partial charge in [0.25, 0.3) is 5.69 Å². The van der Waals surface area contributed by atoms with E-state index in [4.69, 9.17) is 4.74 Å². The van der Waals surface area contributed by atoms with Crippen molar-refractivity contribution >= 4 is 11.4 Å². The Labute approximate surface area is 93.8 Å². The van der Waals surface area contributed by atoms with E-state index < -0.39 is 0 Å². The molecule has 5 heteroatoms. The largest absolute Gasteiger partial charge is 0.378 e. The van der Waals surface area contributed by atoms with Crippen LogP contribution in [0.1, 0.15) is 5.56 Å². The summed E-state index contributed by atoms with van der Waals surface area (Å²) in [5.41, 5.74) is 1.86. The highest BCUT2D eigenvalue weighted by Crippen LogP contribution is 2.28. The molecule has 0 N–H and O–H groups in total. The zero-order chi connectivity index (χ0) is 11.5. The normalized spacial score (nSPS) is 16.2. The van der Waals surface area contributed by atoms with E-state index in [0.717, 1.165) is 24.3 Å². The molecule has 2 rings (SSSR count). The molecule has 0 radical (unpaired) electrons. The Kier molecular flexibility index (Phi) is 3.05. The van der Waals surface area contributed by atoms with Gasteiger partial charge in [0.15, 0.2) is 0 Å². The highest BCUT2D eigenvalue weighted by molar-refractivity contribution is 5.61. The quantitative estimate of drug-likeness (QED) is 0.565. The second-order valence-corrected chi connectivity index (χ2v) is 3.78. The van der Waals surface area contributed by atoms with Gasteiger partial charge in [0.2, 0.25) is 0 Å². The number of rotatable bonds is 2. The van der Waals surface area contributed by atoms with Crippen molar-refractivity contribution < 1.29 is 9.66 Å². The van der Waals surface area contributed by atoms with Crippen molar-refractivity contribution in [3.63, 3.8) is 0 Å². The summed E-state index contributed by atoms with van der Waals surface area (Å²) in [5, 5.41) is 10.8. The predicted octanol–water partition coefficient (Wildman–Crippen LogP) is 1.74. The van der Waals surface area contributed by atoms with E-state index in [1.807, 2.05) is 6.07 Å². The van der Waals surface area contributed by atoms with Crippen molar-refractivity contribution in [2.45, 2.75) is 6.92 Å². The molecule has 0 atom stereocenters. The summed E-state index contributed by atoms with van der Waals surface area (Å²) in [6.45, 7) is 4.75. The van der Waals surface area contributed by atoms with Crippen LogP contribution in [0.5, 0.6) is 0 Å². The molecule has 86 valence electrons. The van der Waals surface area contributed by atoms with Crippen molar-refractivity contribution in [2.24, 2.45) is 0 Å². The van der Waals surface area contributed by atoms with Crippen molar-refractivity contribution in [1.29, 1.82) is 0 Å². The molecule has 0 aliphatic carbocycles. The van der Waals surface area contributed by atoms with Crippen molar-refractivity contribution in [2.75, 3.05) is 31.2 Å². The van der Waals surface area contributed by atoms with Gasteiger partial charge in [-0.2, -0.15) is 0 Å². The number of nitro groups is 1.